The average Bonchev–Trinajstić information content (AvgIpc) is 3.45. The smallest absolute Gasteiger partial charge is 0.295 e. The lowest BCUT2D eigenvalue weighted by Gasteiger charge is -2.31. The van der Waals surface area contributed by atoms with Crippen LogP contribution in [0.2, 0.25) is 0 Å². The quantitative estimate of drug-likeness (QED) is 0.301. The summed E-state index contributed by atoms with van der Waals surface area (Å²) in [5, 5.41) is 15.9. The molecule has 0 bridgehead atoms. The Labute approximate surface area is 215 Å². The van der Waals surface area contributed by atoms with Crippen molar-refractivity contribution in [3.05, 3.63) is 83.2 Å². The molecule has 2 aliphatic heterocycles. The fourth-order valence-electron chi connectivity index (χ4n) is 4.93. The van der Waals surface area contributed by atoms with Gasteiger partial charge in [-0.15, -0.1) is 0 Å². The first kappa shape index (κ1) is 24.7. The molecule has 3 aromatic rings. The van der Waals surface area contributed by atoms with Gasteiger partial charge in [-0.05, 0) is 36.8 Å². The molecule has 9 heteroatoms. The molecule has 3 heterocycles. The lowest BCUT2D eigenvalue weighted by Crippen LogP contribution is -2.42. The van der Waals surface area contributed by atoms with Gasteiger partial charge in [0.2, 0.25) is 0 Å². The number of carbonyl (C=O) groups is 2. The van der Waals surface area contributed by atoms with Crippen LogP contribution in [0.3, 0.4) is 0 Å². The molecule has 5 rings (SSSR count). The van der Waals surface area contributed by atoms with Crippen LogP contribution in [-0.2, 0) is 14.3 Å². The summed E-state index contributed by atoms with van der Waals surface area (Å²) in [5.41, 5.74) is 2.69. The monoisotopic (exact) mass is 502 g/mol. The lowest BCUT2D eigenvalue weighted by atomic mass is 9.95. The summed E-state index contributed by atoms with van der Waals surface area (Å²) in [4.78, 5) is 30.4. The summed E-state index contributed by atoms with van der Waals surface area (Å²) in [6.45, 7) is 5.61. The Balaban J connectivity index is 1.55. The van der Waals surface area contributed by atoms with Crippen LogP contribution in [0, 0.1) is 6.92 Å². The number of para-hydroxylation sites is 1. The minimum atomic E-state index is -0.730. The SMILES string of the molecule is COc1ccc([C@@H]2C(=C(O)c3cnn(-c4ccccc4)c3C)C(=O)C(=O)N2CCN2CCOCC2)cc1. The Hall–Kier alpha value is -3.95. The molecular formula is C28H30N4O5. The van der Waals surface area contributed by atoms with Crippen LogP contribution in [0.1, 0.15) is 22.9 Å². The Morgan fingerprint density at radius 1 is 1.05 bits per heavy atom. The van der Waals surface area contributed by atoms with Crippen molar-refractivity contribution in [2.75, 3.05) is 46.5 Å². The maximum absolute atomic E-state index is 13.4. The molecule has 0 unspecified atom stereocenters. The summed E-state index contributed by atoms with van der Waals surface area (Å²) >= 11 is 0. The van der Waals surface area contributed by atoms with Crippen LogP contribution in [-0.4, -0.2) is 82.9 Å². The molecule has 1 N–H and O–H groups in total. The zero-order chi connectivity index (χ0) is 25.9. The highest BCUT2D eigenvalue weighted by Crippen LogP contribution is 2.40. The van der Waals surface area contributed by atoms with Gasteiger partial charge < -0.3 is 19.5 Å². The van der Waals surface area contributed by atoms with Gasteiger partial charge >= 0.3 is 0 Å². The third kappa shape index (κ3) is 4.75. The second kappa shape index (κ2) is 10.6. The fourth-order valence-corrected chi connectivity index (χ4v) is 4.93. The molecule has 192 valence electrons. The average molecular weight is 503 g/mol. The first-order valence-electron chi connectivity index (χ1n) is 12.3. The molecule has 37 heavy (non-hydrogen) atoms. The number of morpholine rings is 1. The van der Waals surface area contributed by atoms with Gasteiger partial charge in [-0.1, -0.05) is 30.3 Å². The summed E-state index contributed by atoms with van der Waals surface area (Å²) in [6.07, 6.45) is 1.53. The number of Topliss-reactive ketones (excluding diaryl/α,β-unsaturated/α-hetero) is 1. The zero-order valence-electron chi connectivity index (χ0n) is 21.0. The molecule has 1 aromatic heterocycles. The summed E-state index contributed by atoms with van der Waals surface area (Å²) in [7, 11) is 1.58. The van der Waals surface area contributed by atoms with Gasteiger partial charge in [0.25, 0.3) is 11.7 Å². The van der Waals surface area contributed by atoms with Crippen molar-refractivity contribution in [1.82, 2.24) is 19.6 Å². The summed E-state index contributed by atoms with van der Waals surface area (Å²) in [6, 6.07) is 16.0. The van der Waals surface area contributed by atoms with E-state index in [1.165, 1.54) is 6.20 Å². The molecule has 2 aromatic carbocycles. The van der Waals surface area contributed by atoms with Gasteiger partial charge in [0.15, 0.2) is 0 Å². The van der Waals surface area contributed by atoms with Crippen molar-refractivity contribution in [3.8, 4) is 11.4 Å². The van der Waals surface area contributed by atoms with Crippen molar-refractivity contribution in [2.45, 2.75) is 13.0 Å². The van der Waals surface area contributed by atoms with Gasteiger partial charge in [-0.2, -0.15) is 5.10 Å². The van der Waals surface area contributed by atoms with Crippen molar-refractivity contribution in [1.29, 1.82) is 0 Å². The van der Waals surface area contributed by atoms with Gasteiger partial charge in [-0.3, -0.25) is 14.5 Å². The van der Waals surface area contributed by atoms with E-state index in [-0.39, 0.29) is 11.3 Å². The van der Waals surface area contributed by atoms with Crippen LogP contribution in [0.4, 0.5) is 0 Å². The molecule has 1 amide bonds. The number of rotatable bonds is 7. The van der Waals surface area contributed by atoms with E-state index in [9.17, 15) is 14.7 Å². The Morgan fingerprint density at radius 3 is 2.43 bits per heavy atom. The molecule has 0 aliphatic carbocycles. The molecule has 1 atom stereocenters. The molecule has 0 radical (unpaired) electrons. The zero-order valence-corrected chi connectivity index (χ0v) is 21.0. The molecule has 2 aliphatic rings. The van der Waals surface area contributed by atoms with Crippen LogP contribution >= 0.6 is 0 Å². The number of hydrogen-bond donors (Lipinski definition) is 1. The molecule has 2 saturated heterocycles. The van der Waals surface area contributed by atoms with Crippen molar-refractivity contribution in [3.63, 3.8) is 0 Å². The van der Waals surface area contributed by atoms with E-state index in [0.717, 1.165) is 24.3 Å². The maximum atomic E-state index is 13.4. The van der Waals surface area contributed by atoms with Gasteiger partial charge in [0.1, 0.15) is 11.5 Å². The first-order chi connectivity index (χ1) is 18.0. The molecule has 2 fully saturated rings. The normalized spacial score (nSPS) is 19.9. The number of hydrogen-bond acceptors (Lipinski definition) is 7. The van der Waals surface area contributed by atoms with Gasteiger partial charge in [-0.25, -0.2) is 4.68 Å². The van der Waals surface area contributed by atoms with Crippen molar-refractivity contribution < 1.29 is 24.2 Å². The predicted octanol–water partition coefficient (Wildman–Crippen LogP) is 2.94. The second-order valence-corrected chi connectivity index (χ2v) is 9.11. The number of aliphatic hydroxyl groups excluding tert-OH is 1. The van der Waals surface area contributed by atoms with Crippen LogP contribution in [0.25, 0.3) is 11.4 Å². The number of benzene rings is 2. The van der Waals surface area contributed by atoms with E-state index in [1.54, 1.807) is 28.8 Å². The number of amides is 1. The number of aromatic nitrogens is 2. The number of carbonyl (C=O) groups excluding carboxylic acids is 2. The first-order valence-corrected chi connectivity index (χ1v) is 12.3. The van der Waals surface area contributed by atoms with E-state index < -0.39 is 17.7 Å². The molecule has 0 spiro atoms. The number of nitrogens with zero attached hydrogens (tertiary/aromatic N) is 4. The number of likely N-dealkylation sites (tertiary alicyclic amines) is 1. The fraction of sp³-hybridized carbons (Fsp3) is 0.321. The molecule has 0 saturated carbocycles. The largest absolute Gasteiger partial charge is 0.507 e. The highest BCUT2D eigenvalue weighted by atomic mass is 16.5. The van der Waals surface area contributed by atoms with Crippen molar-refractivity contribution in [2.24, 2.45) is 0 Å². The number of methoxy groups -OCH3 is 1. The highest BCUT2D eigenvalue weighted by Gasteiger charge is 2.46. The minimum absolute atomic E-state index is 0.0628. The lowest BCUT2D eigenvalue weighted by molar-refractivity contribution is -0.140. The second-order valence-electron chi connectivity index (χ2n) is 9.11. The Bertz CT molecular complexity index is 1310. The highest BCUT2D eigenvalue weighted by molar-refractivity contribution is 6.46. The third-order valence-electron chi connectivity index (χ3n) is 7.00. The molecule has 9 nitrogen and oxygen atoms in total. The predicted molar refractivity (Wildman–Crippen MR) is 138 cm³/mol. The van der Waals surface area contributed by atoms with Gasteiger partial charge in [0, 0.05) is 26.2 Å². The van der Waals surface area contributed by atoms with E-state index >= 15 is 0 Å². The third-order valence-corrected chi connectivity index (χ3v) is 7.00. The Morgan fingerprint density at radius 2 is 1.76 bits per heavy atom. The van der Waals surface area contributed by atoms with Crippen LogP contribution in [0.5, 0.6) is 5.75 Å². The topological polar surface area (TPSA) is 97.1 Å². The summed E-state index contributed by atoms with van der Waals surface area (Å²) < 4.78 is 12.4. The molecular weight excluding hydrogens is 472 g/mol. The number of ether oxygens (including phenoxy) is 2. The van der Waals surface area contributed by atoms with E-state index in [1.807, 2.05) is 49.4 Å². The van der Waals surface area contributed by atoms with Crippen LogP contribution in [0.15, 0.2) is 66.4 Å². The Kier molecular flexibility index (Phi) is 7.07. The number of ketones is 1. The van der Waals surface area contributed by atoms with Gasteiger partial charge in [0.05, 0.1) is 55.1 Å². The van der Waals surface area contributed by atoms with Crippen LogP contribution < -0.4 is 4.74 Å². The number of aliphatic hydroxyl groups is 1. The summed E-state index contributed by atoms with van der Waals surface area (Å²) in [5.74, 6) is -0.891. The maximum Gasteiger partial charge on any atom is 0.295 e. The van der Waals surface area contributed by atoms with E-state index in [4.69, 9.17) is 9.47 Å². The van der Waals surface area contributed by atoms with E-state index in [0.29, 0.717) is 43.3 Å². The van der Waals surface area contributed by atoms with Crippen molar-refractivity contribution >= 4 is 17.4 Å². The minimum Gasteiger partial charge on any atom is -0.507 e. The standard InChI is InChI=1S/C28H30N4O5/c1-19-23(18-29-32(19)21-6-4-3-5-7-21)26(33)24-25(20-8-10-22(36-2)11-9-20)31(28(35)27(24)34)13-12-30-14-16-37-17-15-30/h3-11,18,25,33H,12-17H2,1-2H3/t25-/m1/s1. The van der Waals surface area contributed by atoms with E-state index in [2.05, 4.69) is 10.00 Å².